The Bertz CT molecular complexity index is 1120. The van der Waals surface area contributed by atoms with Crippen LogP contribution in [0.25, 0.3) is 11.1 Å². The first kappa shape index (κ1) is 19.4. The van der Waals surface area contributed by atoms with Gasteiger partial charge in [-0.05, 0) is 48.0 Å². The van der Waals surface area contributed by atoms with Crippen molar-refractivity contribution >= 4 is 22.7 Å². The van der Waals surface area contributed by atoms with Crippen LogP contribution >= 0.6 is 0 Å². The van der Waals surface area contributed by atoms with Crippen LogP contribution in [0.15, 0.2) is 71.4 Å². The lowest BCUT2D eigenvalue weighted by Crippen LogP contribution is -2.28. The fraction of sp³-hybridized carbons (Fsp3) is 0.174. The molecule has 7 nitrogen and oxygen atoms in total. The van der Waals surface area contributed by atoms with E-state index in [9.17, 15) is 4.79 Å². The van der Waals surface area contributed by atoms with Gasteiger partial charge < -0.3 is 19.8 Å². The van der Waals surface area contributed by atoms with Crippen LogP contribution in [-0.2, 0) is 6.42 Å². The quantitative estimate of drug-likeness (QED) is 0.437. The molecule has 7 heteroatoms. The normalized spacial score (nSPS) is 10.7. The second-order valence-electron chi connectivity index (χ2n) is 6.74. The molecular formula is C23H22N4O3. The molecule has 2 aromatic carbocycles. The minimum atomic E-state index is -0.155. The van der Waals surface area contributed by atoms with Gasteiger partial charge >= 0.3 is 0 Å². The molecule has 0 aliphatic heterocycles. The van der Waals surface area contributed by atoms with Gasteiger partial charge in [-0.3, -0.25) is 9.78 Å². The highest BCUT2D eigenvalue weighted by Gasteiger charge is 2.11. The standard InChI is InChI=1S/C23H22N4O3/c1-29-19-7-4-16(5-8-19)13-22-27-20-9-6-17(14-21(20)30-22)23(28)26-12-11-25-18-3-2-10-24-15-18/h2-10,14-15,25H,11-13H2,1H3,(H,26,28). The molecule has 0 bridgehead atoms. The second-order valence-corrected chi connectivity index (χ2v) is 6.74. The van der Waals surface area contributed by atoms with Crippen LogP contribution in [0.2, 0.25) is 0 Å². The van der Waals surface area contributed by atoms with E-state index in [0.717, 1.165) is 22.5 Å². The van der Waals surface area contributed by atoms with Gasteiger partial charge in [-0.2, -0.15) is 0 Å². The van der Waals surface area contributed by atoms with Crippen LogP contribution in [0, 0.1) is 0 Å². The first-order chi connectivity index (χ1) is 14.7. The van der Waals surface area contributed by atoms with Gasteiger partial charge in [0, 0.05) is 37.5 Å². The molecule has 152 valence electrons. The van der Waals surface area contributed by atoms with Gasteiger partial charge in [0.05, 0.1) is 12.8 Å². The van der Waals surface area contributed by atoms with Crippen molar-refractivity contribution < 1.29 is 13.9 Å². The molecule has 0 aliphatic rings. The molecule has 0 atom stereocenters. The summed E-state index contributed by atoms with van der Waals surface area (Å²) in [5.41, 5.74) is 3.85. The van der Waals surface area contributed by atoms with E-state index in [4.69, 9.17) is 9.15 Å². The smallest absolute Gasteiger partial charge is 0.251 e. The molecule has 4 rings (SSSR count). The molecule has 2 heterocycles. The molecule has 0 unspecified atom stereocenters. The van der Waals surface area contributed by atoms with E-state index >= 15 is 0 Å². The molecule has 0 saturated heterocycles. The zero-order chi connectivity index (χ0) is 20.8. The van der Waals surface area contributed by atoms with Gasteiger partial charge in [-0.1, -0.05) is 12.1 Å². The Kier molecular flexibility index (Phi) is 5.89. The number of hydrogen-bond acceptors (Lipinski definition) is 6. The molecule has 0 aliphatic carbocycles. The van der Waals surface area contributed by atoms with E-state index in [2.05, 4.69) is 20.6 Å². The summed E-state index contributed by atoms with van der Waals surface area (Å²) in [6.07, 6.45) is 4.03. The summed E-state index contributed by atoms with van der Waals surface area (Å²) in [6.45, 7) is 1.10. The lowest BCUT2D eigenvalue weighted by molar-refractivity contribution is 0.0955. The van der Waals surface area contributed by atoms with Crippen LogP contribution in [-0.4, -0.2) is 36.1 Å². The van der Waals surface area contributed by atoms with E-state index < -0.39 is 0 Å². The first-order valence-electron chi connectivity index (χ1n) is 9.66. The van der Waals surface area contributed by atoms with Crippen molar-refractivity contribution in [1.82, 2.24) is 15.3 Å². The number of hydrogen-bond donors (Lipinski definition) is 2. The lowest BCUT2D eigenvalue weighted by atomic mass is 10.1. The number of amides is 1. The summed E-state index contributed by atoms with van der Waals surface area (Å²) in [5, 5.41) is 6.10. The SMILES string of the molecule is COc1ccc(Cc2nc3ccc(C(=O)NCCNc4cccnc4)cc3o2)cc1. The van der Waals surface area contributed by atoms with Gasteiger partial charge in [0.2, 0.25) is 0 Å². The molecule has 30 heavy (non-hydrogen) atoms. The van der Waals surface area contributed by atoms with E-state index in [1.165, 1.54) is 0 Å². The van der Waals surface area contributed by atoms with Crippen LogP contribution in [0.4, 0.5) is 5.69 Å². The van der Waals surface area contributed by atoms with E-state index in [-0.39, 0.29) is 5.91 Å². The van der Waals surface area contributed by atoms with Crippen molar-refractivity contribution in [2.24, 2.45) is 0 Å². The number of benzene rings is 2. The Hall–Kier alpha value is -3.87. The predicted molar refractivity (Wildman–Crippen MR) is 115 cm³/mol. The Morgan fingerprint density at radius 3 is 2.73 bits per heavy atom. The number of carbonyl (C=O) groups excluding carboxylic acids is 1. The van der Waals surface area contributed by atoms with Crippen molar-refractivity contribution in [3.63, 3.8) is 0 Å². The third kappa shape index (κ3) is 4.75. The topological polar surface area (TPSA) is 89.3 Å². The number of anilines is 1. The Labute approximate surface area is 174 Å². The number of fused-ring (bicyclic) bond motifs is 1. The number of oxazole rings is 1. The molecular weight excluding hydrogens is 380 g/mol. The Morgan fingerprint density at radius 1 is 1.10 bits per heavy atom. The highest BCUT2D eigenvalue weighted by Crippen LogP contribution is 2.20. The van der Waals surface area contributed by atoms with Crippen molar-refractivity contribution in [3.8, 4) is 5.75 Å². The number of nitrogens with zero attached hydrogens (tertiary/aromatic N) is 2. The number of pyridine rings is 1. The van der Waals surface area contributed by atoms with Crippen molar-refractivity contribution in [2.75, 3.05) is 25.5 Å². The molecule has 1 amide bonds. The fourth-order valence-corrected chi connectivity index (χ4v) is 3.06. The molecule has 4 aromatic rings. The highest BCUT2D eigenvalue weighted by atomic mass is 16.5. The molecule has 0 saturated carbocycles. The molecule has 2 aromatic heterocycles. The molecule has 0 radical (unpaired) electrons. The summed E-state index contributed by atoms with van der Waals surface area (Å²) < 4.78 is 11.0. The monoisotopic (exact) mass is 402 g/mol. The Morgan fingerprint density at radius 2 is 1.97 bits per heavy atom. The molecule has 0 spiro atoms. The minimum Gasteiger partial charge on any atom is -0.497 e. The van der Waals surface area contributed by atoms with E-state index in [0.29, 0.717) is 36.5 Å². The van der Waals surface area contributed by atoms with Crippen LogP contribution in [0.3, 0.4) is 0 Å². The van der Waals surface area contributed by atoms with Gasteiger partial charge in [0.25, 0.3) is 5.91 Å². The highest BCUT2D eigenvalue weighted by molar-refractivity contribution is 5.97. The van der Waals surface area contributed by atoms with Gasteiger partial charge in [-0.25, -0.2) is 4.98 Å². The van der Waals surface area contributed by atoms with Crippen LogP contribution < -0.4 is 15.4 Å². The maximum Gasteiger partial charge on any atom is 0.251 e. The van der Waals surface area contributed by atoms with Gasteiger partial charge in [-0.15, -0.1) is 0 Å². The number of rotatable bonds is 8. The number of ether oxygens (including phenoxy) is 1. The first-order valence-corrected chi connectivity index (χ1v) is 9.66. The minimum absolute atomic E-state index is 0.155. The van der Waals surface area contributed by atoms with E-state index in [1.807, 2.05) is 36.4 Å². The summed E-state index contributed by atoms with van der Waals surface area (Å²) in [4.78, 5) is 21.0. The number of aromatic nitrogens is 2. The van der Waals surface area contributed by atoms with Crippen molar-refractivity contribution in [1.29, 1.82) is 0 Å². The van der Waals surface area contributed by atoms with Gasteiger partial charge in [0.1, 0.15) is 11.3 Å². The van der Waals surface area contributed by atoms with Crippen molar-refractivity contribution in [3.05, 3.63) is 84.0 Å². The zero-order valence-corrected chi connectivity index (χ0v) is 16.6. The summed E-state index contributed by atoms with van der Waals surface area (Å²) in [6, 6.07) is 16.8. The fourth-order valence-electron chi connectivity index (χ4n) is 3.06. The van der Waals surface area contributed by atoms with E-state index in [1.54, 1.807) is 37.7 Å². The van der Waals surface area contributed by atoms with Gasteiger partial charge in [0.15, 0.2) is 11.5 Å². The zero-order valence-electron chi connectivity index (χ0n) is 16.6. The third-order valence-corrected chi connectivity index (χ3v) is 4.61. The predicted octanol–water partition coefficient (Wildman–Crippen LogP) is 3.66. The maximum absolute atomic E-state index is 12.4. The van der Waals surface area contributed by atoms with Crippen LogP contribution in [0.5, 0.6) is 5.75 Å². The summed E-state index contributed by atoms with van der Waals surface area (Å²) >= 11 is 0. The van der Waals surface area contributed by atoms with Crippen LogP contribution in [0.1, 0.15) is 21.8 Å². The maximum atomic E-state index is 12.4. The second kappa shape index (κ2) is 9.09. The molecule has 0 fully saturated rings. The van der Waals surface area contributed by atoms with Crippen molar-refractivity contribution in [2.45, 2.75) is 6.42 Å². The average molecular weight is 402 g/mol. The largest absolute Gasteiger partial charge is 0.497 e. The summed E-state index contributed by atoms with van der Waals surface area (Å²) in [5.74, 6) is 1.26. The number of nitrogens with one attached hydrogen (secondary N) is 2. The number of methoxy groups -OCH3 is 1. The third-order valence-electron chi connectivity index (χ3n) is 4.61. The summed E-state index contributed by atoms with van der Waals surface area (Å²) in [7, 11) is 1.64. The Balaban J connectivity index is 1.35. The lowest BCUT2D eigenvalue weighted by Gasteiger charge is -2.07. The molecule has 2 N–H and O–H groups in total. The average Bonchev–Trinajstić information content (AvgIpc) is 3.19. The number of carbonyl (C=O) groups is 1.